The summed E-state index contributed by atoms with van der Waals surface area (Å²) < 4.78 is 0. The molecule has 0 fully saturated rings. The summed E-state index contributed by atoms with van der Waals surface area (Å²) in [5.41, 5.74) is 0. The maximum absolute atomic E-state index is 2.24. The van der Waals surface area contributed by atoms with Gasteiger partial charge in [-0.2, -0.15) is 0 Å². The predicted molar refractivity (Wildman–Crippen MR) is 376 cm³/mol. The first-order chi connectivity index (χ1) is 37.8. The van der Waals surface area contributed by atoms with E-state index in [4.69, 9.17) is 0 Å². The molecule has 0 saturated heterocycles. The minimum atomic E-state index is -0.877. The number of benzene rings is 12. The van der Waals surface area contributed by atoms with E-state index < -0.39 is 31.7 Å². The second-order valence-electron chi connectivity index (χ2n) is 17.9. The van der Waals surface area contributed by atoms with Gasteiger partial charge in [-0.1, -0.05) is 218 Å². The molecule has 12 aromatic rings. The normalized spacial score (nSPS) is 9.57. The number of hydrogen-bond donors (Lipinski definition) is 0. The summed E-state index contributed by atoms with van der Waals surface area (Å²) in [5, 5.41) is 17.2. The fourth-order valence-corrected chi connectivity index (χ4v) is 19.6. The van der Waals surface area contributed by atoms with Crippen LogP contribution < -0.4 is 63.7 Å². The Morgan fingerprint density at radius 3 is 0.238 bits per heavy atom. The van der Waals surface area contributed by atoms with Crippen LogP contribution in [-0.2, 0) is 140 Å². The molecule has 0 spiro atoms. The van der Waals surface area contributed by atoms with Gasteiger partial charge in [-0.3, -0.25) is 0 Å². The Morgan fingerprint density at radius 1 is 0.119 bits per heavy atom. The van der Waals surface area contributed by atoms with Gasteiger partial charge in [-0.25, -0.2) is 0 Å². The SMILES string of the molecule is [Au].[Au].[Au].[S-2].[S-2].[S-2].[S-2].[V+2].c1ccc([PH+](c2ccccc2)c2ccccc2)cc1.c1ccc([PH+](c2ccccc2)c2ccccc2)cc1.c1ccc([PH+](c2ccccc2)c2ccccc2)cc1.c1ccc([PH+](c2ccccc2)c2ccccc2)cc1. The Balaban J connectivity index is 0.000000543. The minimum absolute atomic E-state index is 0. The second-order valence-corrected chi connectivity index (χ2v) is 27.8. The summed E-state index contributed by atoms with van der Waals surface area (Å²) in [6.07, 6.45) is 0. The Kier molecular flexibility index (Phi) is 42.0. The van der Waals surface area contributed by atoms with Crippen LogP contribution in [0.1, 0.15) is 0 Å². The van der Waals surface area contributed by atoms with Crippen molar-refractivity contribution in [3.63, 3.8) is 0 Å². The van der Waals surface area contributed by atoms with E-state index in [1.165, 1.54) is 63.7 Å². The van der Waals surface area contributed by atoms with E-state index >= 15 is 0 Å². The molecule has 0 aliphatic heterocycles. The van der Waals surface area contributed by atoms with Gasteiger partial charge in [0.1, 0.15) is 63.7 Å². The summed E-state index contributed by atoms with van der Waals surface area (Å²) in [7, 11) is -3.51. The molecule has 4 radical (unpaired) electrons. The van der Waals surface area contributed by atoms with Gasteiger partial charge in [0.25, 0.3) is 0 Å². The van der Waals surface area contributed by atoms with Crippen LogP contribution in [0, 0.1) is 0 Å². The van der Waals surface area contributed by atoms with E-state index in [0.29, 0.717) is 0 Å². The molecule has 12 aromatic carbocycles. The molecule has 436 valence electrons. The zero-order valence-corrected chi connectivity index (χ0v) is 60.8. The van der Waals surface area contributed by atoms with Gasteiger partial charge >= 0.3 is 18.6 Å². The monoisotopic (exact) mass is 1820 g/mol. The second kappa shape index (κ2) is 44.9. The standard InChI is InChI=1S/4C18H15P.3Au.4S.V/c4*1-4-10-16(11-5-1)19(17-12-6-2-7-13-17)18-14-8-3-9-15-18;;;;;;;;/h4*1-15H;;;;;;;;/q;;;;;;;4*-2;+2/p+4. The largest absolute Gasteiger partial charge is 2.00 e. The quantitative estimate of drug-likeness (QED) is 0.0845. The Morgan fingerprint density at radius 2 is 0.179 bits per heavy atom. The van der Waals surface area contributed by atoms with Crippen molar-refractivity contribution in [2.75, 3.05) is 0 Å². The van der Waals surface area contributed by atoms with E-state index in [-0.39, 0.29) is 140 Å². The van der Waals surface area contributed by atoms with Crippen LogP contribution in [0.4, 0.5) is 0 Å². The van der Waals surface area contributed by atoms with Gasteiger partial charge in [0, 0.05) is 67.1 Å². The Labute approximate surface area is 592 Å². The topological polar surface area (TPSA) is 0 Å². The molecule has 84 heavy (non-hydrogen) atoms. The molecule has 0 aromatic heterocycles. The van der Waals surface area contributed by atoms with Crippen LogP contribution in [0.5, 0.6) is 0 Å². The summed E-state index contributed by atoms with van der Waals surface area (Å²) >= 11 is 0. The number of hydrogen-bond acceptors (Lipinski definition) is 0. The molecule has 0 aliphatic rings. The fourth-order valence-electron chi connectivity index (χ4n) is 9.26. The molecule has 0 atom stereocenters. The first kappa shape index (κ1) is 78.6. The molecular weight excluding hydrogens is 1760 g/mol. The van der Waals surface area contributed by atoms with Gasteiger partial charge in [-0.15, -0.1) is 0 Å². The van der Waals surface area contributed by atoms with Crippen LogP contribution in [0.15, 0.2) is 364 Å². The van der Waals surface area contributed by atoms with Crippen LogP contribution in [0.2, 0.25) is 0 Å². The fraction of sp³-hybridized carbons (Fsp3) is 0. The zero-order chi connectivity index (χ0) is 51.7. The third-order valence-electron chi connectivity index (χ3n) is 12.7. The molecule has 0 aliphatic carbocycles. The first-order valence-electron chi connectivity index (χ1n) is 25.9. The molecule has 0 nitrogen and oxygen atoms in total. The summed E-state index contributed by atoms with van der Waals surface area (Å²) in [6.45, 7) is 0. The van der Waals surface area contributed by atoms with E-state index in [1.807, 2.05) is 0 Å². The van der Waals surface area contributed by atoms with Crippen LogP contribution in [0.25, 0.3) is 0 Å². The number of rotatable bonds is 12. The molecule has 0 bridgehead atoms. The summed E-state index contributed by atoms with van der Waals surface area (Å²) in [4.78, 5) is 0. The average molecular weight is 1820 g/mol. The summed E-state index contributed by atoms with van der Waals surface area (Å²) in [6, 6.07) is 130. The van der Waals surface area contributed by atoms with Crippen molar-refractivity contribution in [1.82, 2.24) is 0 Å². The maximum atomic E-state index is 2.24. The van der Waals surface area contributed by atoms with Crippen LogP contribution in [-0.4, -0.2) is 0 Å². The smallest absolute Gasteiger partial charge is 2.00 e. The third kappa shape index (κ3) is 23.9. The van der Waals surface area contributed by atoms with Gasteiger partial charge in [0.2, 0.25) is 0 Å². The Bertz CT molecular complexity index is 2620. The van der Waals surface area contributed by atoms with E-state index in [1.54, 1.807) is 0 Å². The average Bonchev–Trinajstić information content (AvgIpc) is 3.59. The van der Waals surface area contributed by atoms with E-state index in [9.17, 15) is 0 Å². The van der Waals surface area contributed by atoms with Crippen LogP contribution >= 0.6 is 31.7 Å². The molecular formula is C72H64Au3P4S4V-2. The minimum Gasteiger partial charge on any atom is -2.00 e. The first-order valence-corrected chi connectivity index (χ1v) is 31.9. The molecule has 0 amide bonds. The molecule has 0 heterocycles. The summed E-state index contributed by atoms with van der Waals surface area (Å²) in [5.74, 6) is 0. The molecule has 12 heteroatoms. The van der Waals surface area contributed by atoms with Crippen molar-refractivity contribution in [2.45, 2.75) is 0 Å². The van der Waals surface area contributed by atoms with Crippen molar-refractivity contribution in [3.8, 4) is 0 Å². The zero-order valence-electron chi connectivity index (χ0n) is 45.6. The Hall–Kier alpha value is -3.43. The van der Waals surface area contributed by atoms with Gasteiger partial charge in [0.15, 0.2) is 0 Å². The maximum Gasteiger partial charge on any atom is 2.00 e. The van der Waals surface area contributed by atoms with Gasteiger partial charge in [0.05, 0.1) is 31.7 Å². The predicted octanol–water partition coefficient (Wildman–Crippen LogP) is 12.7. The van der Waals surface area contributed by atoms with Gasteiger partial charge in [-0.05, 0) is 146 Å². The van der Waals surface area contributed by atoms with Crippen molar-refractivity contribution in [2.24, 2.45) is 0 Å². The molecule has 0 unspecified atom stereocenters. The van der Waals surface area contributed by atoms with Crippen molar-refractivity contribution < 1.29 is 85.7 Å². The van der Waals surface area contributed by atoms with Gasteiger partial charge < -0.3 is 54.0 Å². The van der Waals surface area contributed by atoms with E-state index in [0.717, 1.165) is 0 Å². The molecule has 0 N–H and O–H groups in total. The van der Waals surface area contributed by atoms with E-state index in [2.05, 4.69) is 364 Å². The van der Waals surface area contributed by atoms with Crippen LogP contribution in [0.3, 0.4) is 0 Å². The van der Waals surface area contributed by atoms with Crippen molar-refractivity contribution >= 4 is 149 Å². The molecule has 12 rings (SSSR count). The van der Waals surface area contributed by atoms with Crippen molar-refractivity contribution in [1.29, 1.82) is 0 Å². The van der Waals surface area contributed by atoms with Crippen molar-refractivity contribution in [3.05, 3.63) is 364 Å². The third-order valence-corrected chi connectivity index (χ3v) is 23.7. The molecule has 0 saturated carbocycles.